The molecule has 0 N–H and O–H groups in total. The highest BCUT2D eigenvalue weighted by Crippen LogP contribution is 2.39. The maximum Gasteiger partial charge on any atom is 0.326 e. The molecule has 1 atom stereocenters. The van der Waals surface area contributed by atoms with Crippen LogP contribution in [0.3, 0.4) is 0 Å². The second-order valence-corrected chi connectivity index (χ2v) is 9.65. The van der Waals surface area contributed by atoms with Crippen molar-refractivity contribution in [2.24, 2.45) is 0 Å². The van der Waals surface area contributed by atoms with Crippen LogP contribution in [0.15, 0.2) is 59.5 Å². The molecule has 3 aromatic rings. The lowest BCUT2D eigenvalue weighted by Crippen LogP contribution is -2.34. The zero-order valence-corrected chi connectivity index (χ0v) is 17.8. The number of hydrogen-bond acceptors (Lipinski definition) is 5. The van der Waals surface area contributed by atoms with Crippen LogP contribution in [0.2, 0.25) is 0 Å². The molecular weight excluding hydrogens is 421 g/mol. The number of esters is 1. The lowest BCUT2D eigenvalue weighted by molar-refractivity contribution is -0.134. The summed E-state index contributed by atoms with van der Waals surface area (Å²) < 4.78 is 46.1. The first-order chi connectivity index (χ1) is 14.7. The molecule has 3 aromatic carbocycles. The summed E-state index contributed by atoms with van der Waals surface area (Å²) in [6, 6.07) is 14.4. The van der Waals surface area contributed by atoms with E-state index in [1.807, 2.05) is 18.2 Å². The summed E-state index contributed by atoms with van der Waals surface area (Å²) in [6.07, 6.45) is 0.136. The Bertz CT molecular complexity index is 1320. The van der Waals surface area contributed by atoms with Gasteiger partial charge in [-0.05, 0) is 41.0 Å². The number of rotatable bonds is 5. The van der Waals surface area contributed by atoms with Gasteiger partial charge in [0.15, 0.2) is 5.78 Å². The molecule has 160 valence electrons. The fraction of sp³-hybridized carbons (Fsp3) is 0.217. The molecule has 0 fully saturated rings. The third-order valence-corrected chi connectivity index (χ3v) is 7.22. The van der Waals surface area contributed by atoms with Crippen LogP contribution in [0.25, 0.3) is 10.8 Å². The first-order valence-corrected chi connectivity index (χ1v) is 11.1. The van der Waals surface area contributed by atoms with E-state index in [2.05, 4.69) is 0 Å². The molecule has 0 aromatic heterocycles. The number of fused-ring (bicyclic) bond motifs is 2. The number of carbonyl (C=O) groups excluding carboxylic acids is 2. The Morgan fingerprint density at radius 1 is 1.13 bits per heavy atom. The van der Waals surface area contributed by atoms with Crippen LogP contribution < -0.4 is 4.74 Å². The lowest BCUT2D eigenvalue weighted by atomic mass is 10.0. The highest BCUT2D eigenvalue weighted by molar-refractivity contribution is 7.89. The van der Waals surface area contributed by atoms with Crippen LogP contribution in [0.5, 0.6) is 5.75 Å². The van der Waals surface area contributed by atoms with Gasteiger partial charge in [0.1, 0.15) is 18.1 Å². The van der Waals surface area contributed by atoms with E-state index in [1.165, 1.54) is 19.2 Å². The molecule has 0 heterocycles. The molecule has 0 bridgehead atoms. The van der Waals surface area contributed by atoms with Crippen LogP contribution >= 0.6 is 0 Å². The molecule has 4 rings (SSSR count). The summed E-state index contributed by atoms with van der Waals surface area (Å²) in [5, 5.41) is 1.65. The van der Waals surface area contributed by atoms with Crippen molar-refractivity contribution in [3.05, 3.63) is 71.5 Å². The fourth-order valence-electron chi connectivity index (χ4n) is 3.84. The number of nitrogens with zero attached hydrogens (tertiary/aromatic N) is 1. The number of sulfonamides is 1. The molecule has 1 aliphatic carbocycles. The monoisotopic (exact) mass is 441 g/mol. The summed E-state index contributed by atoms with van der Waals surface area (Å²) in [7, 11) is -2.68. The first kappa shape index (κ1) is 21.1. The third kappa shape index (κ3) is 3.84. The van der Waals surface area contributed by atoms with Gasteiger partial charge in [0, 0.05) is 19.0 Å². The largest absolute Gasteiger partial charge is 0.425 e. The molecule has 0 saturated heterocycles. The van der Waals surface area contributed by atoms with Crippen LogP contribution in [-0.2, 0) is 14.8 Å². The molecule has 1 aliphatic rings. The molecule has 0 amide bonds. The molecule has 0 aliphatic heterocycles. The number of halogens is 1. The summed E-state index contributed by atoms with van der Waals surface area (Å²) in [4.78, 5) is 24.7. The Balaban J connectivity index is 1.54. The standard InChI is InChI=1S/C23H20FNO5S/c1-14-11-19(26)23-20(10-9-18(24)22(14)23)30-21(27)13-25(2)31(28,29)17-8-7-15-5-3-4-6-16(15)12-17/h3-10,12,14H,11,13H2,1-2H3. The average molecular weight is 441 g/mol. The van der Waals surface area contributed by atoms with E-state index in [-0.39, 0.29) is 39.9 Å². The second kappa shape index (κ2) is 7.86. The topological polar surface area (TPSA) is 80.8 Å². The summed E-state index contributed by atoms with van der Waals surface area (Å²) in [5.41, 5.74) is 0.285. The number of hydrogen-bond donors (Lipinski definition) is 0. The number of carbonyl (C=O) groups is 2. The van der Waals surface area contributed by atoms with E-state index >= 15 is 0 Å². The number of likely N-dealkylation sites (N-methyl/N-ethyl adjacent to an activating group) is 1. The number of ketones is 1. The average Bonchev–Trinajstić information content (AvgIpc) is 3.04. The van der Waals surface area contributed by atoms with Crippen molar-refractivity contribution in [1.29, 1.82) is 0 Å². The molecule has 0 spiro atoms. The van der Waals surface area contributed by atoms with Crippen molar-refractivity contribution in [2.45, 2.75) is 24.2 Å². The van der Waals surface area contributed by atoms with Gasteiger partial charge >= 0.3 is 5.97 Å². The minimum atomic E-state index is -3.95. The van der Waals surface area contributed by atoms with Crippen molar-refractivity contribution < 1.29 is 27.1 Å². The minimum absolute atomic E-state index is 0.0488. The lowest BCUT2D eigenvalue weighted by Gasteiger charge is -2.17. The predicted octanol–water partition coefficient (Wildman–Crippen LogP) is 3.89. The zero-order valence-electron chi connectivity index (χ0n) is 17.0. The van der Waals surface area contributed by atoms with Gasteiger partial charge in [0.25, 0.3) is 0 Å². The summed E-state index contributed by atoms with van der Waals surface area (Å²) in [5.74, 6) is -2.05. The zero-order chi connectivity index (χ0) is 22.3. The van der Waals surface area contributed by atoms with Gasteiger partial charge in [-0.1, -0.05) is 37.3 Å². The Morgan fingerprint density at radius 3 is 2.58 bits per heavy atom. The number of ether oxygens (including phenoxy) is 1. The molecule has 6 nitrogen and oxygen atoms in total. The molecule has 8 heteroatoms. The Morgan fingerprint density at radius 2 is 1.84 bits per heavy atom. The molecular formula is C23H20FNO5S. The second-order valence-electron chi connectivity index (χ2n) is 7.61. The quantitative estimate of drug-likeness (QED) is 0.443. The third-order valence-electron chi connectivity index (χ3n) is 5.42. The van der Waals surface area contributed by atoms with E-state index in [0.29, 0.717) is 0 Å². The number of Topliss-reactive ketones (excluding diaryl/α,β-unsaturated/α-hetero) is 1. The minimum Gasteiger partial charge on any atom is -0.425 e. The Labute approximate surface area is 179 Å². The van der Waals surface area contributed by atoms with Crippen molar-refractivity contribution in [3.63, 3.8) is 0 Å². The number of benzene rings is 3. The smallest absolute Gasteiger partial charge is 0.326 e. The fourth-order valence-corrected chi connectivity index (χ4v) is 4.99. The normalized spacial score (nSPS) is 16.0. The van der Waals surface area contributed by atoms with Crippen molar-refractivity contribution in [2.75, 3.05) is 13.6 Å². The van der Waals surface area contributed by atoms with Crippen molar-refractivity contribution in [1.82, 2.24) is 4.31 Å². The van der Waals surface area contributed by atoms with Crippen LogP contribution in [0, 0.1) is 5.82 Å². The van der Waals surface area contributed by atoms with Crippen LogP contribution in [0.4, 0.5) is 4.39 Å². The van der Waals surface area contributed by atoms with Gasteiger partial charge in [0.05, 0.1) is 10.5 Å². The van der Waals surface area contributed by atoms with E-state index in [1.54, 1.807) is 25.1 Å². The van der Waals surface area contributed by atoms with E-state index in [9.17, 15) is 22.4 Å². The van der Waals surface area contributed by atoms with Gasteiger partial charge in [-0.3, -0.25) is 9.59 Å². The van der Waals surface area contributed by atoms with Crippen LogP contribution in [0.1, 0.15) is 35.2 Å². The highest BCUT2D eigenvalue weighted by atomic mass is 32.2. The highest BCUT2D eigenvalue weighted by Gasteiger charge is 2.33. The van der Waals surface area contributed by atoms with Crippen molar-refractivity contribution >= 4 is 32.5 Å². The van der Waals surface area contributed by atoms with Crippen molar-refractivity contribution in [3.8, 4) is 5.75 Å². The van der Waals surface area contributed by atoms with Gasteiger partial charge in [-0.15, -0.1) is 0 Å². The van der Waals surface area contributed by atoms with Gasteiger partial charge in [-0.25, -0.2) is 12.8 Å². The van der Waals surface area contributed by atoms with Gasteiger partial charge in [0.2, 0.25) is 10.0 Å². The molecule has 0 saturated carbocycles. The first-order valence-electron chi connectivity index (χ1n) is 9.70. The van der Waals surface area contributed by atoms with E-state index in [4.69, 9.17) is 4.74 Å². The molecule has 1 unspecified atom stereocenters. The van der Waals surface area contributed by atoms with Gasteiger partial charge in [-0.2, -0.15) is 4.31 Å². The Hall–Kier alpha value is -3.10. The van der Waals surface area contributed by atoms with E-state index < -0.39 is 28.4 Å². The summed E-state index contributed by atoms with van der Waals surface area (Å²) >= 11 is 0. The molecule has 0 radical (unpaired) electrons. The summed E-state index contributed by atoms with van der Waals surface area (Å²) in [6.45, 7) is 1.16. The van der Waals surface area contributed by atoms with E-state index in [0.717, 1.165) is 21.1 Å². The maximum atomic E-state index is 14.1. The Kier molecular flexibility index (Phi) is 5.36. The van der Waals surface area contributed by atoms with Crippen LogP contribution in [-0.4, -0.2) is 38.1 Å². The van der Waals surface area contributed by atoms with Gasteiger partial charge < -0.3 is 4.74 Å². The predicted molar refractivity (Wildman–Crippen MR) is 113 cm³/mol. The SMILES string of the molecule is CC1CC(=O)c2c(OC(=O)CN(C)S(=O)(=O)c3ccc4ccccc4c3)ccc(F)c21. The molecule has 31 heavy (non-hydrogen) atoms. The maximum absolute atomic E-state index is 14.1.